The second-order valence-electron chi connectivity index (χ2n) is 6.46. The molecule has 7 nitrogen and oxygen atoms in total. The van der Waals surface area contributed by atoms with Crippen LogP contribution in [0.3, 0.4) is 0 Å². The van der Waals surface area contributed by atoms with Crippen molar-refractivity contribution in [1.29, 1.82) is 0 Å². The second kappa shape index (κ2) is 7.57. The fraction of sp³-hybridized carbons (Fsp3) is 0.211. The van der Waals surface area contributed by atoms with E-state index in [0.717, 1.165) is 23.8 Å². The maximum absolute atomic E-state index is 15.0. The van der Waals surface area contributed by atoms with Crippen LogP contribution < -0.4 is 15.9 Å². The van der Waals surface area contributed by atoms with Gasteiger partial charge in [-0.05, 0) is 12.1 Å². The number of aromatic amines is 1. The normalized spacial score (nSPS) is 14.3. The number of H-pyrrole nitrogens is 1. The largest absolute Gasteiger partial charge is 0.477 e. The zero-order chi connectivity index (χ0) is 20.7. The number of pyridine rings is 2. The second-order valence-corrected chi connectivity index (χ2v) is 8.07. The topological polar surface area (TPSA) is 95.4 Å². The van der Waals surface area contributed by atoms with Crippen molar-refractivity contribution in [3.63, 3.8) is 0 Å². The molecule has 0 unspecified atom stereocenters. The van der Waals surface area contributed by atoms with Gasteiger partial charge in [-0.25, -0.2) is 9.18 Å². The van der Waals surface area contributed by atoms with Crippen LogP contribution in [-0.4, -0.2) is 45.2 Å². The molecule has 3 aromatic rings. The Labute approximate surface area is 172 Å². The van der Waals surface area contributed by atoms with Crippen molar-refractivity contribution in [1.82, 2.24) is 9.55 Å². The average Bonchev–Trinajstić information content (AvgIpc) is 2.69. The molecule has 10 heteroatoms. The number of rotatable bonds is 3. The number of aromatic carboxylic acids is 1. The summed E-state index contributed by atoms with van der Waals surface area (Å²) < 4.78 is 16.3. The number of hydrogen-bond donors (Lipinski definition) is 2. The molecule has 3 heterocycles. The number of carboxylic acid groups (broad SMARTS) is 1. The summed E-state index contributed by atoms with van der Waals surface area (Å²) in [5.41, 5.74) is -1.52. The monoisotopic (exact) mass is 435 g/mol. The Hall–Kier alpha value is -2.78. The van der Waals surface area contributed by atoms with E-state index in [2.05, 4.69) is 4.98 Å². The van der Waals surface area contributed by atoms with Crippen molar-refractivity contribution in [2.24, 2.45) is 0 Å². The number of carboxylic acids is 1. The van der Waals surface area contributed by atoms with E-state index in [-0.39, 0.29) is 27.4 Å². The fourth-order valence-electron chi connectivity index (χ4n) is 3.40. The smallest absolute Gasteiger partial charge is 0.341 e. The zero-order valence-corrected chi connectivity index (χ0v) is 16.5. The van der Waals surface area contributed by atoms with Crippen molar-refractivity contribution < 1.29 is 14.3 Å². The van der Waals surface area contributed by atoms with Crippen LogP contribution in [0.2, 0.25) is 5.02 Å². The first kappa shape index (κ1) is 19.5. The third kappa shape index (κ3) is 3.40. The SMILES string of the molecule is O=C(O)c1cn(-c2cccc(=O)[nH]2)c2c(Cl)c(N3CCSCC3)c(F)cc2c1=O. The quantitative estimate of drug-likeness (QED) is 0.656. The highest BCUT2D eigenvalue weighted by Gasteiger charge is 2.25. The van der Waals surface area contributed by atoms with Gasteiger partial charge in [-0.15, -0.1) is 0 Å². The van der Waals surface area contributed by atoms with Gasteiger partial charge in [0.1, 0.15) is 17.2 Å². The molecule has 1 aliphatic rings. The lowest BCUT2D eigenvalue weighted by atomic mass is 10.1. The number of carbonyl (C=O) groups is 1. The molecule has 0 radical (unpaired) electrons. The predicted molar refractivity (Wildman–Crippen MR) is 112 cm³/mol. The number of fused-ring (bicyclic) bond motifs is 1. The molecule has 0 amide bonds. The molecule has 1 saturated heterocycles. The Kier molecular flexibility index (Phi) is 5.10. The number of nitrogens with zero attached hydrogens (tertiary/aromatic N) is 2. The van der Waals surface area contributed by atoms with E-state index in [9.17, 15) is 23.9 Å². The lowest BCUT2D eigenvalue weighted by molar-refractivity contribution is 0.0695. The van der Waals surface area contributed by atoms with Crippen LogP contribution in [0.25, 0.3) is 16.7 Å². The summed E-state index contributed by atoms with van der Waals surface area (Å²) in [5, 5.41) is 9.24. The summed E-state index contributed by atoms with van der Waals surface area (Å²) in [6, 6.07) is 5.33. The summed E-state index contributed by atoms with van der Waals surface area (Å²) in [6.45, 7) is 1.18. The molecule has 4 rings (SSSR count). The summed E-state index contributed by atoms with van der Waals surface area (Å²) in [4.78, 5) is 40.5. The van der Waals surface area contributed by atoms with E-state index in [1.54, 1.807) is 16.7 Å². The Morgan fingerprint density at radius 3 is 2.62 bits per heavy atom. The van der Waals surface area contributed by atoms with Gasteiger partial charge in [-0.1, -0.05) is 17.7 Å². The van der Waals surface area contributed by atoms with E-state index in [4.69, 9.17) is 11.6 Å². The fourth-order valence-corrected chi connectivity index (χ4v) is 4.71. The van der Waals surface area contributed by atoms with Gasteiger partial charge in [0.25, 0.3) is 0 Å². The van der Waals surface area contributed by atoms with Gasteiger partial charge >= 0.3 is 5.97 Å². The summed E-state index contributed by atoms with van der Waals surface area (Å²) in [7, 11) is 0. The molecule has 1 fully saturated rings. The Bertz CT molecular complexity index is 1250. The van der Waals surface area contributed by atoms with Crippen molar-refractivity contribution in [2.45, 2.75) is 0 Å². The third-order valence-corrected chi connectivity index (χ3v) is 6.03. The number of thioether (sulfide) groups is 1. The molecule has 1 aliphatic heterocycles. The molecule has 0 bridgehead atoms. The van der Waals surface area contributed by atoms with Gasteiger partial charge < -0.3 is 15.0 Å². The van der Waals surface area contributed by atoms with Gasteiger partial charge in [-0.3, -0.25) is 14.2 Å². The van der Waals surface area contributed by atoms with Crippen LogP contribution in [-0.2, 0) is 0 Å². The van der Waals surface area contributed by atoms with E-state index in [1.165, 1.54) is 22.8 Å². The number of hydrogen-bond acceptors (Lipinski definition) is 5. The highest BCUT2D eigenvalue weighted by atomic mass is 35.5. The molecule has 29 heavy (non-hydrogen) atoms. The third-order valence-electron chi connectivity index (χ3n) is 4.73. The summed E-state index contributed by atoms with van der Waals surface area (Å²) in [6.07, 6.45) is 1.10. The van der Waals surface area contributed by atoms with Crippen LogP contribution in [0.15, 0.2) is 40.1 Å². The zero-order valence-electron chi connectivity index (χ0n) is 14.9. The maximum Gasteiger partial charge on any atom is 0.341 e. The first-order valence-corrected chi connectivity index (χ1v) is 10.2. The standard InChI is InChI=1S/C19H15ClFN3O4S/c20-15-16-10(8-12(21)17(15)23-4-6-29-7-5-23)18(26)11(19(27)28)9-24(16)13-2-1-3-14(25)22-13/h1-3,8-9H,4-7H2,(H,22,25)(H,27,28). The first-order chi connectivity index (χ1) is 13.9. The minimum Gasteiger partial charge on any atom is -0.477 e. The Morgan fingerprint density at radius 1 is 1.24 bits per heavy atom. The van der Waals surface area contributed by atoms with Gasteiger partial charge in [-0.2, -0.15) is 11.8 Å². The Morgan fingerprint density at radius 2 is 1.97 bits per heavy atom. The number of benzene rings is 1. The molecule has 0 saturated carbocycles. The molecular formula is C19H15ClFN3O4S. The number of anilines is 1. The van der Waals surface area contributed by atoms with E-state index in [1.807, 2.05) is 0 Å². The van der Waals surface area contributed by atoms with Gasteiger partial charge in [0.05, 0.1) is 21.6 Å². The summed E-state index contributed by atoms with van der Waals surface area (Å²) >= 11 is 8.34. The van der Waals surface area contributed by atoms with Gasteiger partial charge in [0.2, 0.25) is 11.0 Å². The molecule has 1 aromatic carbocycles. The highest BCUT2D eigenvalue weighted by molar-refractivity contribution is 7.99. The minimum absolute atomic E-state index is 0.00867. The van der Waals surface area contributed by atoms with E-state index < -0.39 is 28.3 Å². The van der Waals surface area contributed by atoms with E-state index >= 15 is 0 Å². The Balaban J connectivity index is 2.11. The lowest BCUT2D eigenvalue weighted by Crippen LogP contribution is -2.33. The van der Waals surface area contributed by atoms with Crippen LogP contribution in [0, 0.1) is 5.82 Å². The summed E-state index contributed by atoms with van der Waals surface area (Å²) in [5.74, 6) is -0.326. The van der Waals surface area contributed by atoms with Crippen molar-refractivity contribution in [2.75, 3.05) is 29.5 Å². The predicted octanol–water partition coefficient (Wildman–Crippen LogP) is 2.72. The first-order valence-electron chi connectivity index (χ1n) is 8.71. The maximum atomic E-state index is 15.0. The minimum atomic E-state index is -1.46. The van der Waals surface area contributed by atoms with Crippen LogP contribution >= 0.6 is 23.4 Å². The molecular weight excluding hydrogens is 421 g/mol. The molecule has 2 N–H and O–H groups in total. The van der Waals surface area contributed by atoms with Crippen molar-refractivity contribution >= 4 is 45.9 Å². The van der Waals surface area contributed by atoms with Crippen molar-refractivity contribution in [3.05, 3.63) is 67.4 Å². The van der Waals surface area contributed by atoms with Crippen molar-refractivity contribution in [3.8, 4) is 5.82 Å². The molecule has 150 valence electrons. The van der Waals surface area contributed by atoms with E-state index in [0.29, 0.717) is 13.1 Å². The molecule has 0 atom stereocenters. The number of halogens is 2. The van der Waals surface area contributed by atoms with Gasteiger partial charge in [0.15, 0.2) is 0 Å². The molecule has 0 aliphatic carbocycles. The molecule has 2 aromatic heterocycles. The van der Waals surface area contributed by atoms with Gasteiger partial charge in [0, 0.05) is 36.9 Å². The lowest BCUT2D eigenvalue weighted by Gasteiger charge is -2.30. The van der Waals surface area contributed by atoms with Crippen LogP contribution in [0.1, 0.15) is 10.4 Å². The van der Waals surface area contributed by atoms with Crippen LogP contribution in [0.5, 0.6) is 0 Å². The molecule has 0 spiro atoms. The number of nitrogens with one attached hydrogen (secondary N) is 1. The average molecular weight is 436 g/mol. The van der Waals surface area contributed by atoms with Crippen LogP contribution in [0.4, 0.5) is 10.1 Å². The number of aromatic nitrogens is 2. The highest BCUT2D eigenvalue weighted by Crippen LogP contribution is 2.37.